The molecule has 38 heavy (non-hydrogen) atoms. The third-order valence-electron chi connectivity index (χ3n) is 6.79. The van der Waals surface area contributed by atoms with Crippen LogP contribution in [0.25, 0.3) is 0 Å². The van der Waals surface area contributed by atoms with E-state index in [1.165, 1.54) is 11.1 Å². The molecule has 0 spiro atoms. The minimum Gasteiger partial charge on any atom is -0.299 e. The van der Waals surface area contributed by atoms with E-state index >= 15 is 0 Å². The van der Waals surface area contributed by atoms with Gasteiger partial charge in [0.05, 0.1) is 0 Å². The summed E-state index contributed by atoms with van der Waals surface area (Å²) in [5.41, 5.74) is 3.33. The molecule has 1 fully saturated rings. The zero-order valence-corrected chi connectivity index (χ0v) is 25.2. The predicted molar refractivity (Wildman–Crippen MR) is 166 cm³/mol. The number of halogens is 3. The highest BCUT2D eigenvalue weighted by atomic mass is 35.5. The number of rotatable bonds is 7. The first-order chi connectivity index (χ1) is 16.8. The molecule has 2 aromatic carbocycles. The van der Waals surface area contributed by atoms with Crippen molar-refractivity contribution in [3.8, 4) is 0 Å². The van der Waals surface area contributed by atoms with Gasteiger partial charge in [-0.2, -0.15) is 0 Å². The average Bonchev–Trinajstić information content (AvgIpc) is 2.86. The van der Waals surface area contributed by atoms with E-state index in [9.17, 15) is 4.79 Å². The number of benzene rings is 2. The number of piperazine rings is 1. The van der Waals surface area contributed by atoms with Gasteiger partial charge in [0, 0.05) is 57.1 Å². The van der Waals surface area contributed by atoms with Crippen LogP contribution in [-0.2, 0) is 12.0 Å². The minimum atomic E-state index is -0.000581. The van der Waals surface area contributed by atoms with Gasteiger partial charge in [-0.1, -0.05) is 69.3 Å². The van der Waals surface area contributed by atoms with Crippen LogP contribution in [0.15, 0.2) is 79.0 Å². The van der Waals surface area contributed by atoms with E-state index in [-0.39, 0.29) is 54.6 Å². The zero-order valence-electron chi connectivity index (χ0n) is 22.7. The fraction of sp³-hybridized carbons (Fsp3) is 0.400. The van der Waals surface area contributed by atoms with Crippen molar-refractivity contribution in [3.63, 3.8) is 0 Å². The lowest BCUT2D eigenvalue weighted by atomic mass is 9.86. The second kappa shape index (κ2) is 15.4. The number of amides is 1. The van der Waals surface area contributed by atoms with Crippen molar-refractivity contribution in [2.75, 3.05) is 37.6 Å². The van der Waals surface area contributed by atoms with Crippen LogP contribution in [0.4, 0.5) is 5.82 Å². The van der Waals surface area contributed by atoms with Crippen LogP contribution in [0.2, 0.25) is 0 Å². The molecule has 1 aromatic heterocycles. The Hall–Kier alpha value is -2.15. The van der Waals surface area contributed by atoms with Gasteiger partial charge in [0.1, 0.15) is 5.82 Å². The van der Waals surface area contributed by atoms with Gasteiger partial charge in [0.15, 0.2) is 0 Å². The Kier molecular flexibility index (Phi) is 13.8. The van der Waals surface area contributed by atoms with Crippen LogP contribution in [0.3, 0.4) is 0 Å². The Morgan fingerprint density at radius 2 is 1.42 bits per heavy atom. The molecule has 1 amide bonds. The maximum atomic E-state index is 13.7. The molecule has 0 radical (unpaired) electrons. The molecule has 8 heteroatoms. The first-order valence-electron chi connectivity index (χ1n) is 12.6. The van der Waals surface area contributed by atoms with Crippen molar-refractivity contribution < 1.29 is 4.79 Å². The Labute approximate surface area is 246 Å². The average molecular weight is 580 g/mol. The maximum Gasteiger partial charge on any atom is 0.259 e. The minimum absolute atomic E-state index is 0. The molecule has 1 unspecified atom stereocenters. The van der Waals surface area contributed by atoms with E-state index in [4.69, 9.17) is 0 Å². The van der Waals surface area contributed by atoms with Gasteiger partial charge in [0.2, 0.25) is 0 Å². The van der Waals surface area contributed by atoms with E-state index in [0.29, 0.717) is 11.4 Å². The fourth-order valence-electron chi connectivity index (χ4n) is 4.71. The number of pyridine rings is 1. The van der Waals surface area contributed by atoms with Crippen LogP contribution in [0, 0.1) is 0 Å². The summed E-state index contributed by atoms with van der Waals surface area (Å²) in [6.45, 7) is 14.6. The second-order valence-electron chi connectivity index (χ2n) is 10.6. The lowest BCUT2D eigenvalue weighted by molar-refractivity contribution is 0.0949. The Balaban J connectivity index is 0.00000241. The molecule has 1 aliphatic heterocycles. The number of hydrogen-bond acceptors (Lipinski definition) is 4. The summed E-state index contributed by atoms with van der Waals surface area (Å²) in [6.07, 6.45) is 1.76. The number of anilines is 1. The number of nitrogens with zero attached hydrogens (tertiary/aromatic N) is 4. The number of carbonyl (C=O) groups excluding carboxylic acids is 1. The lowest BCUT2D eigenvalue weighted by Crippen LogP contribution is -2.52. The highest BCUT2D eigenvalue weighted by molar-refractivity contribution is 6.06. The van der Waals surface area contributed by atoms with E-state index in [1.54, 1.807) is 6.20 Å². The molecule has 2 heterocycles. The molecular formula is C30H41Cl3N4O. The summed E-state index contributed by atoms with van der Waals surface area (Å²) in [4.78, 5) is 25.1. The second-order valence-corrected chi connectivity index (χ2v) is 10.6. The van der Waals surface area contributed by atoms with Crippen LogP contribution in [0.1, 0.15) is 49.2 Å². The third-order valence-corrected chi connectivity index (χ3v) is 6.79. The number of carbonyl (C=O) groups is 1. The Bertz CT molecular complexity index is 1080. The monoisotopic (exact) mass is 578 g/mol. The molecule has 208 valence electrons. The summed E-state index contributed by atoms with van der Waals surface area (Å²) in [5, 5.41) is 0. The molecule has 1 atom stereocenters. The van der Waals surface area contributed by atoms with Gasteiger partial charge < -0.3 is 0 Å². The Morgan fingerprint density at radius 1 is 0.842 bits per heavy atom. The summed E-state index contributed by atoms with van der Waals surface area (Å²) < 4.78 is 0. The van der Waals surface area contributed by atoms with Crippen molar-refractivity contribution in [2.45, 2.75) is 45.7 Å². The third kappa shape index (κ3) is 8.96. The largest absolute Gasteiger partial charge is 0.299 e. The molecule has 0 aliphatic carbocycles. The van der Waals surface area contributed by atoms with E-state index in [1.807, 2.05) is 35.2 Å². The fourth-order valence-corrected chi connectivity index (χ4v) is 4.71. The predicted octanol–water partition coefficient (Wildman–Crippen LogP) is 6.50. The van der Waals surface area contributed by atoms with Crippen LogP contribution >= 0.6 is 37.2 Å². The van der Waals surface area contributed by atoms with Crippen molar-refractivity contribution in [2.24, 2.45) is 0 Å². The molecule has 0 saturated carbocycles. The molecule has 5 nitrogen and oxygen atoms in total. The summed E-state index contributed by atoms with van der Waals surface area (Å²) >= 11 is 0. The van der Waals surface area contributed by atoms with Crippen molar-refractivity contribution in [3.05, 3.63) is 95.7 Å². The summed E-state index contributed by atoms with van der Waals surface area (Å²) in [5.74, 6) is 0.701. The smallest absolute Gasteiger partial charge is 0.259 e. The molecular weight excluding hydrogens is 539 g/mol. The maximum absolute atomic E-state index is 13.7. The highest BCUT2D eigenvalue weighted by Gasteiger charge is 2.28. The van der Waals surface area contributed by atoms with Crippen molar-refractivity contribution in [1.82, 2.24) is 14.8 Å². The molecule has 1 aliphatic rings. The van der Waals surface area contributed by atoms with E-state index in [2.05, 4.69) is 84.9 Å². The summed E-state index contributed by atoms with van der Waals surface area (Å²) in [6, 6.07) is 24.5. The quantitative estimate of drug-likeness (QED) is 0.320. The van der Waals surface area contributed by atoms with E-state index < -0.39 is 0 Å². The van der Waals surface area contributed by atoms with Gasteiger partial charge >= 0.3 is 0 Å². The standard InChI is InChI=1S/C30H38N4O.3ClH/c1-24(22-32-18-20-33(21-19-32)23-25-10-6-5-7-11-25)34(28-12-8-9-17-31-28)29(35)26-13-15-27(16-14-26)30(2,3)4;;;/h5-17,24H,18-23H2,1-4H3;3*1H. The van der Waals surface area contributed by atoms with Gasteiger partial charge in [-0.05, 0) is 47.7 Å². The SMILES string of the molecule is CC(CN1CCN(Cc2ccccc2)CC1)N(C(=O)c1ccc(C(C)(C)C)cc1)c1ccccn1.Cl.Cl.Cl. The van der Waals surface area contributed by atoms with Crippen LogP contribution in [-0.4, -0.2) is 59.5 Å². The normalized spacial score (nSPS) is 14.8. The number of hydrogen-bond donors (Lipinski definition) is 0. The van der Waals surface area contributed by atoms with Gasteiger partial charge in [-0.15, -0.1) is 37.2 Å². The van der Waals surface area contributed by atoms with Crippen molar-refractivity contribution >= 4 is 48.9 Å². The number of aromatic nitrogens is 1. The van der Waals surface area contributed by atoms with Gasteiger partial charge in [-0.25, -0.2) is 4.98 Å². The first kappa shape index (κ1) is 33.9. The zero-order chi connectivity index (χ0) is 24.8. The molecule has 3 aromatic rings. The van der Waals surface area contributed by atoms with E-state index in [0.717, 1.165) is 39.3 Å². The first-order valence-corrected chi connectivity index (χ1v) is 12.6. The van der Waals surface area contributed by atoms with Crippen molar-refractivity contribution in [1.29, 1.82) is 0 Å². The lowest BCUT2D eigenvalue weighted by Gasteiger charge is -2.38. The van der Waals surface area contributed by atoms with Crippen LogP contribution in [0.5, 0.6) is 0 Å². The summed E-state index contributed by atoms with van der Waals surface area (Å²) in [7, 11) is 0. The highest BCUT2D eigenvalue weighted by Crippen LogP contribution is 2.24. The Morgan fingerprint density at radius 3 is 1.97 bits per heavy atom. The van der Waals surface area contributed by atoms with Crippen LogP contribution < -0.4 is 4.90 Å². The topological polar surface area (TPSA) is 39.7 Å². The van der Waals surface area contributed by atoms with Gasteiger partial charge in [-0.3, -0.25) is 19.5 Å². The molecule has 4 rings (SSSR count). The van der Waals surface area contributed by atoms with Gasteiger partial charge in [0.25, 0.3) is 5.91 Å². The molecule has 0 N–H and O–H groups in total. The molecule has 0 bridgehead atoms. The molecule has 1 saturated heterocycles.